The summed E-state index contributed by atoms with van der Waals surface area (Å²) in [6, 6.07) is 3.99. The molecule has 0 aliphatic carbocycles. The lowest BCUT2D eigenvalue weighted by Crippen LogP contribution is -2.54. The summed E-state index contributed by atoms with van der Waals surface area (Å²) >= 11 is 0. The van der Waals surface area contributed by atoms with E-state index in [-0.39, 0.29) is 75.6 Å². The fraction of sp³-hybridized carbons (Fsp3) is 0.636. The molecule has 0 saturated carbocycles. The van der Waals surface area contributed by atoms with E-state index in [1.165, 1.54) is 4.90 Å². The van der Waals surface area contributed by atoms with E-state index in [1.54, 1.807) is 52.2 Å². The van der Waals surface area contributed by atoms with E-state index in [0.29, 0.717) is 83.6 Å². The minimum absolute atomic E-state index is 0.0167. The average molecular weight is 1010 g/mol. The van der Waals surface area contributed by atoms with Gasteiger partial charge < -0.3 is 75.7 Å². The van der Waals surface area contributed by atoms with Gasteiger partial charge in [-0.15, -0.1) is 0 Å². The first kappa shape index (κ1) is 60.5. The van der Waals surface area contributed by atoms with Gasteiger partial charge in [-0.2, -0.15) is 0 Å². The van der Waals surface area contributed by atoms with Gasteiger partial charge in [0.1, 0.15) is 18.7 Å². The van der Waals surface area contributed by atoms with Crippen LogP contribution in [0.2, 0.25) is 0 Å². The molecule has 0 aliphatic rings. The maximum Gasteiger partial charge on any atom is 0.409 e. The number of urea groups is 1. The zero-order chi connectivity index (χ0) is 51.6. The van der Waals surface area contributed by atoms with Crippen molar-refractivity contribution in [1.29, 1.82) is 0 Å². The number of nitrogens with two attached hydrogens (primary N) is 1. The third-order valence-electron chi connectivity index (χ3n) is 9.55. The summed E-state index contributed by atoms with van der Waals surface area (Å²) in [7, 11) is -0.122. The maximum atomic E-state index is 13.5. The summed E-state index contributed by atoms with van der Waals surface area (Å²) in [6.45, 7) is 8.72. The third-order valence-corrected chi connectivity index (χ3v) is 10.4. The van der Waals surface area contributed by atoms with Crippen molar-refractivity contribution in [1.82, 2.24) is 41.5 Å². The number of primary amides is 1. The van der Waals surface area contributed by atoms with Gasteiger partial charge >= 0.3 is 12.1 Å². The van der Waals surface area contributed by atoms with E-state index in [9.17, 15) is 37.2 Å². The Morgan fingerprint density at radius 1 is 0.714 bits per heavy atom. The monoisotopic (exact) mass is 1010 g/mol. The first-order valence-electron chi connectivity index (χ1n) is 22.8. The van der Waals surface area contributed by atoms with Gasteiger partial charge in [0.25, 0.3) is 5.91 Å². The van der Waals surface area contributed by atoms with Crippen molar-refractivity contribution in [2.24, 2.45) is 11.7 Å². The summed E-state index contributed by atoms with van der Waals surface area (Å²) < 4.78 is 61.0. The number of ether oxygens (including phenoxy) is 7. The van der Waals surface area contributed by atoms with Crippen LogP contribution in [0.4, 0.5) is 15.3 Å². The second-order valence-corrected chi connectivity index (χ2v) is 17.7. The highest BCUT2D eigenvalue weighted by Crippen LogP contribution is 2.13. The van der Waals surface area contributed by atoms with Crippen molar-refractivity contribution in [3.63, 3.8) is 0 Å². The number of nitrogens with one attached hydrogen (secondary N) is 6. The number of amides is 7. The lowest BCUT2D eigenvalue weighted by Gasteiger charge is -2.25. The molecule has 25 nitrogen and oxygen atoms in total. The SMILES string of the molecule is CNCCN(C)C(=O)OCc1ccc(NC(=O)[C@H](CCCNC(N)=O)NC(=O)[C@@H](NC(=O)CCOCCOCCOCCOCCOCCOCCNC(=O)c2cnc(S(C)(=O)=O)nc2)C(C)C)cc1. The first-order chi connectivity index (χ1) is 33.5. The Hall–Kier alpha value is -5.61. The highest BCUT2D eigenvalue weighted by molar-refractivity contribution is 7.90. The summed E-state index contributed by atoms with van der Waals surface area (Å²) in [6.07, 6.45) is 3.26. The van der Waals surface area contributed by atoms with Gasteiger partial charge in [0.2, 0.25) is 32.7 Å². The minimum atomic E-state index is -3.55. The van der Waals surface area contributed by atoms with Crippen molar-refractivity contribution < 1.29 is 70.3 Å². The van der Waals surface area contributed by atoms with E-state index in [2.05, 4.69) is 41.9 Å². The number of aromatic nitrogens is 2. The predicted molar refractivity (Wildman–Crippen MR) is 254 cm³/mol. The van der Waals surface area contributed by atoms with Gasteiger partial charge in [-0.1, -0.05) is 26.0 Å². The number of nitrogens with zero attached hydrogens (tertiary/aromatic N) is 3. The number of rotatable bonds is 38. The Bertz CT molecular complexity index is 1970. The summed E-state index contributed by atoms with van der Waals surface area (Å²) in [4.78, 5) is 84.1. The fourth-order valence-corrected chi connectivity index (χ4v) is 6.19. The molecule has 394 valence electrons. The number of anilines is 1. The number of benzene rings is 1. The lowest BCUT2D eigenvalue weighted by molar-refractivity contribution is -0.132. The van der Waals surface area contributed by atoms with E-state index < -0.39 is 57.7 Å². The van der Waals surface area contributed by atoms with Crippen LogP contribution in [0.25, 0.3) is 0 Å². The zero-order valence-corrected chi connectivity index (χ0v) is 41.6. The van der Waals surface area contributed by atoms with E-state index in [0.717, 1.165) is 18.6 Å². The molecule has 0 saturated heterocycles. The number of carbonyl (C=O) groups is 6. The van der Waals surface area contributed by atoms with Crippen LogP contribution in [0, 0.1) is 5.92 Å². The maximum absolute atomic E-state index is 13.5. The number of likely N-dealkylation sites (N-methyl/N-ethyl adjacent to an activating group) is 2. The molecule has 0 spiro atoms. The molecule has 0 bridgehead atoms. The Morgan fingerprint density at radius 3 is 1.77 bits per heavy atom. The van der Waals surface area contributed by atoms with Crippen molar-refractivity contribution >= 4 is 51.3 Å². The second kappa shape index (κ2) is 35.5. The quantitative estimate of drug-likeness (QED) is 0.0332. The van der Waals surface area contributed by atoms with Gasteiger partial charge in [-0.3, -0.25) is 19.2 Å². The Labute approximate surface area is 409 Å². The molecule has 0 radical (unpaired) electrons. The van der Waals surface area contributed by atoms with Gasteiger partial charge in [-0.05, 0) is 43.5 Å². The molecule has 0 unspecified atom stereocenters. The van der Waals surface area contributed by atoms with Crippen LogP contribution >= 0.6 is 0 Å². The van der Waals surface area contributed by atoms with Crippen LogP contribution in [-0.4, -0.2) is 197 Å². The fourth-order valence-electron chi connectivity index (χ4n) is 5.70. The first-order valence-corrected chi connectivity index (χ1v) is 24.7. The molecular formula is C44H72N10O15S. The number of carbonyl (C=O) groups excluding carboxylic acids is 6. The van der Waals surface area contributed by atoms with Crippen LogP contribution in [0.5, 0.6) is 0 Å². The van der Waals surface area contributed by atoms with Crippen LogP contribution in [0.3, 0.4) is 0 Å². The molecule has 26 heteroatoms. The van der Waals surface area contributed by atoms with Crippen LogP contribution in [0.15, 0.2) is 41.8 Å². The highest BCUT2D eigenvalue weighted by atomic mass is 32.2. The van der Waals surface area contributed by atoms with Crippen LogP contribution in [-0.2, 0) is 64.0 Å². The van der Waals surface area contributed by atoms with E-state index in [4.69, 9.17) is 38.9 Å². The average Bonchev–Trinajstić information content (AvgIpc) is 3.32. The molecule has 1 aromatic carbocycles. The smallest absolute Gasteiger partial charge is 0.409 e. The van der Waals surface area contributed by atoms with Gasteiger partial charge in [0.05, 0.1) is 84.8 Å². The molecule has 2 aromatic rings. The molecular weight excluding hydrogens is 941 g/mol. The van der Waals surface area contributed by atoms with Crippen molar-refractivity contribution in [3.8, 4) is 0 Å². The molecule has 0 aliphatic heterocycles. The standard InChI is InChI=1S/C44H72N10O15S/c1-32(2)38(41(58)52-36(7-6-13-48-42(45)59)40(57)51-35-10-8-33(9-11-35)31-69-44(60)54(4)16-14-46-3)53-37(55)12-17-63-19-21-65-23-25-67-27-28-68-26-24-66-22-20-64-18-15-47-39(56)34-29-49-43(50-30-34)70(5,61)62/h8-11,29-30,32,36,38,46H,6-7,12-28,31H2,1-5H3,(H,47,56)(H,51,57)(H,52,58)(H,53,55)(H3,45,48,59)/t36-,38-/m0/s1. The van der Waals surface area contributed by atoms with Gasteiger partial charge in [0.15, 0.2) is 0 Å². The van der Waals surface area contributed by atoms with Crippen molar-refractivity contribution in [2.75, 3.05) is 131 Å². The number of hydrogen-bond acceptors (Lipinski definition) is 18. The van der Waals surface area contributed by atoms with Crippen molar-refractivity contribution in [3.05, 3.63) is 47.8 Å². The largest absolute Gasteiger partial charge is 0.445 e. The molecule has 7 amide bonds. The molecule has 70 heavy (non-hydrogen) atoms. The molecule has 0 fully saturated rings. The Kier molecular flexibility index (Phi) is 30.7. The van der Waals surface area contributed by atoms with Gasteiger partial charge in [-0.25, -0.2) is 28.0 Å². The summed E-state index contributed by atoms with van der Waals surface area (Å²) in [5.74, 6) is -2.27. The normalized spacial score (nSPS) is 12.1. The highest BCUT2D eigenvalue weighted by Gasteiger charge is 2.29. The zero-order valence-electron chi connectivity index (χ0n) is 40.8. The second-order valence-electron chi connectivity index (χ2n) is 15.8. The Balaban J connectivity index is 1.56. The van der Waals surface area contributed by atoms with Gasteiger partial charge in [0, 0.05) is 64.0 Å². The minimum Gasteiger partial charge on any atom is -0.445 e. The van der Waals surface area contributed by atoms with Crippen LogP contribution < -0.4 is 37.6 Å². The molecule has 8 N–H and O–H groups in total. The molecule has 2 atom stereocenters. The van der Waals surface area contributed by atoms with Crippen molar-refractivity contribution in [2.45, 2.75) is 57.0 Å². The molecule has 2 rings (SSSR count). The third kappa shape index (κ3) is 27.5. The lowest BCUT2D eigenvalue weighted by atomic mass is 10.0. The van der Waals surface area contributed by atoms with Crippen LogP contribution in [0.1, 0.15) is 49.0 Å². The Morgan fingerprint density at radius 2 is 1.26 bits per heavy atom. The summed E-state index contributed by atoms with van der Waals surface area (Å²) in [5, 5.41) is 16.0. The van der Waals surface area contributed by atoms with E-state index >= 15 is 0 Å². The molecule has 1 heterocycles. The summed E-state index contributed by atoms with van der Waals surface area (Å²) in [5.41, 5.74) is 6.45. The topological polar surface area (TPSA) is 328 Å². The van der Waals surface area contributed by atoms with E-state index in [1.807, 2.05) is 0 Å². The number of hydrogen-bond donors (Lipinski definition) is 7. The predicted octanol–water partition coefficient (Wildman–Crippen LogP) is -0.400. The number of sulfone groups is 1. The molecule has 1 aromatic heterocycles.